The van der Waals surface area contributed by atoms with Gasteiger partial charge in [-0.2, -0.15) is 0 Å². The fraction of sp³-hybridized carbons (Fsp3) is 0.500. The number of aromatic nitrogens is 2. The van der Waals surface area contributed by atoms with E-state index in [4.69, 9.17) is 0 Å². The Morgan fingerprint density at radius 3 is 2.52 bits per heavy atom. The molecule has 1 aromatic heterocycles. The number of nitrogens with one attached hydrogen (secondary N) is 2. The summed E-state index contributed by atoms with van der Waals surface area (Å²) < 4.78 is 0. The summed E-state index contributed by atoms with van der Waals surface area (Å²) in [5.74, 6) is 1.81. The number of rotatable bonds is 7. The minimum Gasteiger partial charge on any atom is -0.372 e. The Morgan fingerprint density at radius 2 is 1.86 bits per heavy atom. The lowest BCUT2D eigenvalue weighted by molar-refractivity contribution is 0.102. The molecule has 0 bridgehead atoms. The molecule has 0 saturated carbocycles. The molecule has 2 aromatic rings. The normalized spacial score (nSPS) is 14.9. The average Bonchev–Trinajstić information content (AvgIpc) is 2.68. The van der Waals surface area contributed by atoms with E-state index in [1.807, 2.05) is 26.2 Å². The fourth-order valence-electron chi connectivity index (χ4n) is 3.40. The molecular formula is C22H32N6O. The Bertz CT molecular complexity index is 813. The van der Waals surface area contributed by atoms with Crippen molar-refractivity contribution in [2.45, 2.75) is 26.7 Å². The van der Waals surface area contributed by atoms with E-state index in [-0.39, 0.29) is 5.91 Å². The zero-order valence-corrected chi connectivity index (χ0v) is 17.9. The van der Waals surface area contributed by atoms with Gasteiger partial charge in [-0.25, -0.2) is 9.97 Å². The van der Waals surface area contributed by atoms with E-state index in [9.17, 15) is 4.79 Å². The third-order valence-corrected chi connectivity index (χ3v) is 5.21. The predicted molar refractivity (Wildman–Crippen MR) is 119 cm³/mol. The Kier molecular flexibility index (Phi) is 7.04. The number of aryl methyl sites for hydroxylation is 1. The van der Waals surface area contributed by atoms with Gasteiger partial charge in [0.2, 0.25) is 0 Å². The number of benzene rings is 1. The minimum atomic E-state index is -0.231. The summed E-state index contributed by atoms with van der Waals surface area (Å²) in [6, 6.07) is 9.75. The molecule has 7 nitrogen and oxygen atoms in total. The molecule has 1 fully saturated rings. The molecule has 2 N–H and O–H groups in total. The van der Waals surface area contributed by atoms with Gasteiger partial charge in [0.25, 0.3) is 5.91 Å². The van der Waals surface area contributed by atoms with Crippen molar-refractivity contribution in [3.8, 4) is 0 Å². The number of hydrogen-bond donors (Lipinski definition) is 2. The first kappa shape index (κ1) is 21.0. The number of hydrogen-bond acceptors (Lipinski definition) is 6. The van der Waals surface area contributed by atoms with Crippen LogP contribution in [0.5, 0.6) is 0 Å². The molecule has 0 unspecified atom stereocenters. The van der Waals surface area contributed by atoms with Crippen LogP contribution in [-0.4, -0.2) is 61.0 Å². The molecule has 3 rings (SSSR count). The van der Waals surface area contributed by atoms with E-state index in [1.54, 1.807) is 13.0 Å². The second kappa shape index (κ2) is 9.69. The summed E-state index contributed by atoms with van der Waals surface area (Å²) in [6.45, 7) is 7.93. The highest BCUT2D eigenvalue weighted by atomic mass is 16.1. The van der Waals surface area contributed by atoms with Crippen molar-refractivity contribution >= 4 is 23.1 Å². The van der Waals surface area contributed by atoms with E-state index in [0.29, 0.717) is 17.3 Å². The third kappa shape index (κ3) is 6.15. The lowest BCUT2D eigenvalue weighted by Gasteiger charge is -2.32. The van der Waals surface area contributed by atoms with Crippen LogP contribution >= 0.6 is 0 Å². The second-order valence-electron chi connectivity index (χ2n) is 8.09. The number of likely N-dealkylation sites (N-methyl/N-ethyl adjacent to an activating group) is 1. The van der Waals surface area contributed by atoms with E-state index < -0.39 is 0 Å². The van der Waals surface area contributed by atoms with Gasteiger partial charge in [0.15, 0.2) is 0 Å². The van der Waals surface area contributed by atoms with Crippen LogP contribution in [0.25, 0.3) is 0 Å². The SMILES string of the molecule is Cc1nc(NCCN(C)C)cc(C(=O)Nc2ccc(N3CCC(C)CC3)cc2)n1. The first-order chi connectivity index (χ1) is 13.9. The summed E-state index contributed by atoms with van der Waals surface area (Å²) >= 11 is 0. The van der Waals surface area contributed by atoms with Gasteiger partial charge in [0, 0.05) is 43.6 Å². The lowest BCUT2D eigenvalue weighted by atomic mass is 9.99. The van der Waals surface area contributed by atoms with Crippen molar-refractivity contribution in [1.82, 2.24) is 14.9 Å². The van der Waals surface area contributed by atoms with Crippen LogP contribution < -0.4 is 15.5 Å². The molecule has 0 aliphatic carbocycles. The molecule has 0 radical (unpaired) electrons. The maximum absolute atomic E-state index is 12.7. The van der Waals surface area contributed by atoms with Crippen LogP contribution in [0.1, 0.15) is 36.1 Å². The highest BCUT2D eigenvalue weighted by Gasteiger charge is 2.16. The summed E-state index contributed by atoms with van der Waals surface area (Å²) in [7, 11) is 4.03. The van der Waals surface area contributed by atoms with Crippen LogP contribution in [0.4, 0.5) is 17.2 Å². The molecule has 1 aliphatic rings. The van der Waals surface area contributed by atoms with Crippen molar-refractivity contribution in [2.75, 3.05) is 55.8 Å². The number of carbonyl (C=O) groups excluding carboxylic acids is 1. The third-order valence-electron chi connectivity index (χ3n) is 5.21. The minimum absolute atomic E-state index is 0.231. The number of anilines is 3. The summed E-state index contributed by atoms with van der Waals surface area (Å²) in [5.41, 5.74) is 2.33. The molecule has 2 heterocycles. The van der Waals surface area contributed by atoms with Gasteiger partial charge in [0.1, 0.15) is 17.3 Å². The molecule has 1 amide bonds. The molecule has 156 valence electrons. The van der Waals surface area contributed by atoms with Gasteiger partial charge in [-0.3, -0.25) is 4.79 Å². The van der Waals surface area contributed by atoms with E-state index in [2.05, 4.69) is 49.5 Å². The smallest absolute Gasteiger partial charge is 0.274 e. The Labute approximate surface area is 173 Å². The molecule has 1 saturated heterocycles. The predicted octanol–water partition coefficient (Wildman–Crippen LogP) is 3.25. The summed E-state index contributed by atoms with van der Waals surface area (Å²) in [5, 5.41) is 6.18. The van der Waals surface area contributed by atoms with Gasteiger partial charge in [-0.1, -0.05) is 6.92 Å². The number of piperidine rings is 1. The van der Waals surface area contributed by atoms with Crippen molar-refractivity contribution < 1.29 is 4.79 Å². The number of nitrogens with zero attached hydrogens (tertiary/aromatic N) is 4. The molecule has 1 aromatic carbocycles. The van der Waals surface area contributed by atoms with Crippen LogP contribution in [-0.2, 0) is 0 Å². The van der Waals surface area contributed by atoms with Gasteiger partial charge in [-0.05, 0) is 64.0 Å². The molecule has 7 heteroatoms. The standard InChI is InChI=1S/C22H32N6O/c1-16-9-12-28(13-10-16)19-7-5-18(6-8-19)26-22(29)20-15-21(25-17(2)24-20)23-11-14-27(3)4/h5-8,15-16H,9-14H2,1-4H3,(H,26,29)(H,23,24,25). The van der Waals surface area contributed by atoms with Gasteiger partial charge in [-0.15, -0.1) is 0 Å². The fourth-order valence-corrected chi connectivity index (χ4v) is 3.40. The topological polar surface area (TPSA) is 73.4 Å². The number of amides is 1. The average molecular weight is 397 g/mol. The van der Waals surface area contributed by atoms with Gasteiger partial charge < -0.3 is 20.4 Å². The van der Waals surface area contributed by atoms with E-state index in [1.165, 1.54) is 18.5 Å². The highest BCUT2D eigenvalue weighted by Crippen LogP contribution is 2.24. The molecule has 0 spiro atoms. The van der Waals surface area contributed by atoms with Crippen LogP contribution in [0.2, 0.25) is 0 Å². The zero-order chi connectivity index (χ0) is 20.8. The largest absolute Gasteiger partial charge is 0.372 e. The van der Waals surface area contributed by atoms with Crippen LogP contribution in [0.3, 0.4) is 0 Å². The van der Waals surface area contributed by atoms with Crippen LogP contribution in [0.15, 0.2) is 30.3 Å². The lowest BCUT2D eigenvalue weighted by Crippen LogP contribution is -2.32. The van der Waals surface area contributed by atoms with Gasteiger partial charge in [0.05, 0.1) is 0 Å². The zero-order valence-electron chi connectivity index (χ0n) is 17.9. The van der Waals surface area contributed by atoms with E-state index in [0.717, 1.165) is 37.8 Å². The molecule has 1 aliphatic heterocycles. The maximum atomic E-state index is 12.7. The van der Waals surface area contributed by atoms with Crippen molar-refractivity contribution in [2.24, 2.45) is 5.92 Å². The molecule has 29 heavy (non-hydrogen) atoms. The van der Waals surface area contributed by atoms with Crippen molar-refractivity contribution in [3.05, 3.63) is 41.9 Å². The second-order valence-corrected chi connectivity index (χ2v) is 8.09. The van der Waals surface area contributed by atoms with Crippen molar-refractivity contribution in [3.63, 3.8) is 0 Å². The quantitative estimate of drug-likeness (QED) is 0.748. The first-order valence-corrected chi connectivity index (χ1v) is 10.3. The number of carbonyl (C=O) groups is 1. The van der Waals surface area contributed by atoms with E-state index >= 15 is 0 Å². The summed E-state index contributed by atoms with van der Waals surface area (Å²) in [4.78, 5) is 25.8. The molecule has 0 atom stereocenters. The first-order valence-electron chi connectivity index (χ1n) is 10.3. The maximum Gasteiger partial charge on any atom is 0.274 e. The van der Waals surface area contributed by atoms with Gasteiger partial charge >= 0.3 is 0 Å². The Hall–Kier alpha value is -2.67. The molecular weight excluding hydrogens is 364 g/mol. The van der Waals surface area contributed by atoms with Crippen LogP contribution in [0, 0.1) is 12.8 Å². The highest BCUT2D eigenvalue weighted by molar-refractivity contribution is 6.03. The monoisotopic (exact) mass is 396 g/mol. The Morgan fingerprint density at radius 1 is 1.17 bits per heavy atom. The van der Waals surface area contributed by atoms with Crippen molar-refractivity contribution in [1.29, 1.82) is 0 Å². The summed E-state index contributed by atoms with van der Waals surface area (Å²) in [6.07, 6.45) is 2.47. The Balaban J connectivity index is 1.61.